The van der Waals surface area contributed by atoms with Gasteiger partial charge in [0, 0.05) is 4.88 Å². The van der Waals surface area contributed by atoms with Gasteiger partial charge in [0.25, 0.3) is 0 Å². The zero-order valence-corrected chi connectivity index (χ0v) is 11.3. The number of hydrogen-bond acceptors (Lipinski definition) is 3. The van der Waals surface area contributed by atoms with E-state index in [4.69, 9.17) is 11.6 Å². The number of alkyl halides is 1. The predicted molar refractivity (Wildman–Crippen MR) is 69.1 cm³/mol. The maximum atomic E-state index is 11.9. The molecule has 1 aromatic rings. The van der Waals surface area contributed by atoms with E-state index in [0.717, 1.165) is 19.3 Å². The topological polar surface area (TPSA) is 34.1 Å². The summed E-state index contributed by atoms with van der Waals surface area (Å²) in [5.74, 6) is 0.311. The van der Waals surface area contributed by atoms with E-state index in [1.807, 2.05) is 17.5 Å². The van der Waals surface area contributed by atoms with Crippen molar-refractivity contribution in [1.82, 2.24) is 0 Å². The van der Waals surface area contributed by atoms with Crippen molar-refractivity contribution < 1.29 is 8.42 Å². The lowest BCUT2D eigenvalue weighted by atomic mass is 10.1. The Hall–Kier alpha value is -0.0600. The zero-order valence-electron chi connectivity index (χ0n) is 8.93. The van der Waals surface area contributed by atoms with Crippen LogP contribution in [0.3, 0.4) is 0 Å². The smallest absolute Gasteiger partial charge is 0.154 e. The van der Waals surface area contributed by atoms with E-state index in [0.29, 0.717) is 12.2 Å². The fraction of sp³-hybridized carbons (Fsp3) is 0.636. The summed E-state index contributed by atoms with van der Waals surface area (Å²) in [4.78, 5) is 1.17. The van der Waals surface area contributed by atoms with Crippen LogP contribution >= 0.6 is 22.9 Å². The van der Waals surface area contributed by atoms with Crippen LogP contribution in [0, 0.1) is 0 Å². The Morgan fingerprint density at radius 2 is 2.31 bits per heavy atom. The highest BCUT2D eigenvalue weighted by Gasteiger charge is 2.34. The number of rotatable bonds is 3. The first-order chi connectivity index (χ1) is 7.59. The number of hydrogen-bond donors (Lipinski definition) is 0. The molecule has 0 spiro atoms. The molecule has 0 N–H and O–H groups in total. The Morgan fingerprint density at radius 3 is 2.94 bits per heavy atom. The van der Waals surface area contributed by atoms with Gasteiger partial charge in [-0.05, 0) is 30.7 Å². The standard InChI is InChI=1S/C11H15ClO2S2/c12-10(8-9-4-3-6-15-9)11-5-1-2-7-16(11,13)14/h3-4,6,10-11H,1-2,5,7-8H2. The third-order valence-corrected chi connectivity index (χ3v) is 6.86. The van der Waals surface area contributed by atoms with Crippen molar-refractivity contribution in [1.29, 1.82) is 0 Å². The molecule has 1 aliphatic heterocycles. The van der Waals surface area contributed by atoms with Gasteiger partial charge in [-0.3, -0.25) is 0 Å². The second kappa shape index (κ2) is 5.07. The molecule has 1 aromatic heterocycles. The fourth-order valence-corrected chi connectivity index (χ4v) is 5.74. The quantitative estimate of drug-likeness (QED) is 0.797. The van der Waals surface area contributed by atoms with E-state index in [1.165, 1.54) is 4.88 Å². The van der Waals surface area contributed by atoms with Crippen molar-refractivity contribution >= 4 is 32.8 Å². The van der Waals surface area contributed by atoms with Crippen molar-refractivity contribution in [3.8, 4) is 0 Å². The third-order valence-electron chi connectivity index (χ3n) is 3.01. The third kappa shape index (κ3) is 2.79. The Bertz CT molecular complexity index is 425. The molecule has 2 heterocycles. The SMILES string of the molecule is O=S1(=O)CCCCC1C(Cl)Cc1cccs1. The maximum Gasteiger partial charge on any atom is 0.154 e. The van der Waals surface area contributed by atoms with Gasteiger partial charge in [-0.25, -0.2) is 8.42 Å². The maximum absolute atomic E-state index is 11.9. The van der Waals surface area contributed by atoms with Gasteiger partial charge in [0.15, 0.2) is 9.84 Å². The first-order valence-electron chi connectivity index (χ1n) is 5.47. The second-order valence-corrected chi connectivity index (χ2v) is 8.13. The monoisotopic (exact) mass is 278 g/mol. The lowest BCUT2D eigenvalue weighted by molar-refractivity contribution is 0.530. The molecule has 5 heteroatoms. The average molecular weight is 279 g/mol. The minimum atomic E-state index is -2.95. The molecule has 1 aliphatic rings. The van der Waals surface area contributed by atoms with E-state index in [1.54, 1.807) is 11.3 Å². The molecule has 2 nitrogen and oxygen atoms in total. The summed E-state index contributed by atoms with van der Waals surface area (Å²) in [6, 6.07) is 3.98. The first-order valence-corrected chi connectivity index (χ1v) is 8.51. The van der Waals surface area contributed by atoms with E-state index in [-0.39, 0.29) is 10.6 Å². The van der Waals surface area contributed by atoms with Gasteiger partial charge < -0.3 is 0 Å². The molecule has 0 saturated carbocycles. The second-order valence-electron chi connectivity index (χ2n) is 4.20. The van der Waals surface area contributed by atoms with E-state index >= 15 is 0 Å². The van der Waals surface area contributed by atoms with Crippen molar-refractivity contribution in [2.45, 2.75) is 36.3 Å². The molecule has 2 atom stereocenters. The summed E-state index contributed by atoms with van der Waals surface area (Å²) in [6.07, 6.45) is 3.17. The summed E-state index contributed by atoms with van der Waals surface area (Å²) in [7, 11) is -2.95. The molecule has 0 aromatic carbocycles. The average Bonchev–Trinajstić information content (AvgIpc) is 2.69. The van der Waals surface area contributed by atoms with Crippen LogP contribution in [0.15, 0.2) is 17.5 Å². The number of halogens is 1. The van der Waals surface area contributed by atoms with Crippen LogP contribution in [0.4, 0.5) is 0 Å². The molecule has 2 unspecified atom stereocenters. The van der Waals surface area contributed by atoms with Gasteiger partial charge >= 0.3 is 0 Å². The van der Waals surface area contributed by atoms with Gasteiger partial charge in [-0.1, -0.05) is 12.5 Å². The molecular weight excluding hydrogens is 264 g/mol. The molecule has 0 bridgehead atoms. The van der Waals surface area contributed by atoms with Gasteiger partial charge in [0.2, 0.25) is 0 Å². The highest BCUT2D eigenvalue weighted by Crippen LogP contribution is 2.28. The summed E-state index contributed by atoms with van der Waals surface area (Å²) in [5.41, 5.74) is 0. The van der Waals surface area contributed by atoms with Crippen LogP contribution in [0.5, 0.6) is 0 Å². The molecular formula is C11H15ClO2S2. The van der Waals surface area contributed by atoms with Crippen LogP contribution in [-0.4, -0.2) is 24.8 Å². The van der Waals surface area contributed by atoms with E-state index in [2.05, 4.69) is 0 Å². The largest absolute Gasteiger partial charge is 0.228 e. The lowest BCUT2D eigenvalue weighted by Crippen LogP contribution is -2.36. The molecule has 1 fully saturated rings. The molecule has 0 amide bonds. The fourth-order valence-electron chi connectivity index (χ4n) is 2.14. The van der Waals surface area contributed by atoms with Crippen molar-refractivity contribution in [3.05, 3.63) is 22.4 Å². The van der Waals surface area contributed by atoms with Gasteiger partial charge in [0.05, 0.1) is 16.4 Å². The van der Waals surface area contributed by atoms with Crippen molar-refractivity contribution in [2.24, 2.45) is 0 Å². The minimum absolute atomic E-state index is 0.274. The molecule has 0 radical (unpaired) electrons. The number of thiophene rings is 1. The summed E-state index contributed by atoms with van der Waals surface area (Å²) < 4.78 is 23.7. The predicted octanol–water partition coefficient (Wildman–Crippen LogP) is 2.87. The van der Waals surface area contributed by atoms with Gasteiger partial charge in [-0.15, -0.1) is 22.9 Å². The Kier molecular flexibility index (Phi) is 3.93. The minimum Gasteiger partial charge on any atom is -0.228 e. The van der Waals surface area contributed by atoms with Crippen LogP contribution in [0.25, 0.3) is 0 Å². The Labute approximate surface area is 106 Å². The molecule has 0 aliphatic carbocycles. The molecule has 1 saturated heterocycles. The normalized spacial score (nSPS) is 26.4. The first kappa shape index (κ1) is 12.4. The highest BCUT2D eigenvalue weighted by molar-refractivity contribution is 7.92. The van der Waals surface area contributed by atoms with Gasteiger partial charge in [-0.2, -0.15) is 0 Å². The highest BCUT2D eigenvalue weighted by atomic mass is 35.5. The summed E-state index contributed by atoms with van der Waals surface area (Å²) >= 11 is 7.90. The van der Waals surface area contributed by atoms with E-state index < -0.39 is 9.84 Å². The lowest BCUT2D eigenvalue weighted by Gasteiger charge is -2.25. The zero-order chi connectivity index (χ0) is 11.6. The van der Waals surface area contributed by atoms with Crippen LogP contribution in [0.2, 0.25) is 0 Å². The Morgan fingerprint density at radius 1 is 1.50 bits per heavy atom. The molecule has 90 valence electrons. The molecule has 16 heavy (non-hydrogen) atoms. The van der Waals surface area contributed by atoms with Crippen LogP contribution < -0.4 is 0 Å². The summed E-state index contributed by atoms with van der Waals surface area (Å²) in [5, 5.41) is 1.38. The van der Waals surface area contributed by atoms with Crippen LogP contribution in [0.1, 0.15) is 24.1 Å². The Balaban J connectivity index is 2.06. The number of sulfone groups is 1. The van der Waals surface area contributed by atoms with E-state index in [9.17, 15) is 8.42 Å². The van der Waals surface area contributed by atoms with Crippen molar-refractivity contribution in [3.63, 3.8) is 0 Å². The van der Waals surface area contributed by atoms with Crippen molar-refractivity contribution in [2.75, 3.05) is 5.75 Å². The van der Waals surface area contributed by atoms with Gasteiger partial charge in [0.1, 0.15) is 0 Å². The molecule has 2 rings (SSSR count). The summed E-state index contributed by atoms with van der Waals surface area (Å²) in [6.45, 7) is 0. The van der Waals surface area contributed by atoms with Crippen LogP contribution in [-0.2, 0) is 16.3 Å².